The second-order valence-corrected chi connectivity index (χ2v) is 3.75. The van der Waals surface area contributed by atoms with Crippen molar-refractivity contribution in [1.29, 1.82) is 0 Å². The fourth-order valence-corrected chi connectivity index (χ4v) is 1.39. The number of benzene rings is 1. The number of pyridine rings is 1. The Morgan fingerprint density at radius 3 is 2.61 bits per heavy atom. The van der Waals surface area contributed by atoms with E-state index in [2.05, 4.69) is 4.98 Å². The molecule has 0 spiro atoms. The van der Waals surface area contributed by atoms with Crippen LogP contribution < -0.4 is 4.74 Å². The maximum absolute atomic E-state index is 13.3. The summed E-state index contributed by atoms with van der Waals surface area (Å²) in [6, 6.07) is 6.76. The van der Waals surface area contributed by atoms with Gasteiger partial charge in [0.1, 0.15) is 5.75 Å². The summed E-state index contributed by atoms with van der Waals surface area (Å²) in [6.45, 7) is 1.58. The third-order valence-electron chi connectivity index (χ3n) is 2.33. The SMILES string of the molecule is C[C@@H](O)c1ccc(Oc2cccc(F)c2F)cn1. The van der Waals surface area contributed by atoms with Gasteiger partial charge >= 0.3 is 0 Å². The normalized spacial score (nSPS) is 12.2. The van der Waals surface area contributed by atoms with Crippen LogP contribution >= 0.6 is 0 Å². The van der Waals surface area contributed by atoms with E-state index in [4.69, 9.17) is 4.74 Å². The van der Waals surface area contributed by atoms with Crippen molar-refractivity contribution in [3.63, 3.8) is 0 Å². The molecule has 0 aliphatic rings. The van der Waals surface area contributed by atoms with Crippen LogP contribution in [0.25, 0.3) is 0 Å². The molecule has 0 aliphatic carbocycles. The van der Waals surface area contributed by atoms with Crippen LogP contribution in [0, 0.1) is 11.6 Å². The molecule has 0 fully saturated rings. The Labute approximate surface area is 103 Å². The molecule has 1 N–H and O–H groups in total. The van der Waals surface area contributed by atoms with Crippen molar-refractivity contribution >= 4 is 0 Å². The number of aliphatic hydroxyl groups excluding tert-OH is 1. The molecule has 0 radical (unpaired) electrons. The van der Waals surface area contributed by atoms with E-state index in [1.165, 1.54) is 24.4 Å². The lowest BCUT2D eigenvalue weighted by Gasteiger charge is -2.08. The number of hydrogen-bond acceptors (Lipinski definition) is 3. The number of halogens is 2. The minimum atomic E-state index is -1.04. The van der Waals surface area contributed by atoms with Crippen molar-refractivity contribution in [2.24, 2.45) is 0 Å². The lowest BCUT2D eigenvalue weighted by atomic mass is 10.2. The van der Waals surface area contributed by atoms with Gasteiger partial charge in [0.15, 0.2) is 11.6 Å². The first-order valence-corrected chi connectivity index (χ1v) is 5.34. The number of rotatable bonds is 3. The van der Waals surface area contributed by atoms with Gasteiger partial charge in [-0.3, -0.25) is 4.98 Å². The van der Waals surface area contributed by atoms with Gasteiger partial charge in [0, 0.05) is 0 Å². The minimum Gasteiger partial charge on any atom is -0.453 e. The molecule has 5 heteroatoms. The summed E-state index contributed by atoms with van der Waals surface area (Å²) < 4.78 is 31.4. The van der Waals surface area contributed by atoms with Gasteiger partial charge in [-0.25, -0.2) is 4.39 Å². The average molecular weight is 251 g/mol. The molecule has 94 valence electrons. The number of ether oxygens (including phenoxy) is 1. The molecule has 0 aliphatic heterocycles. The van der Waals surface area contributed by atoms with Crippen molar-refractivity contribution in [3.8, 4) is 11.5 Å². The molecule has 1 atom stereocenters. The van der Waals surface area contributed by atoms with Gasteiger partial charge in [0.05, 0.1) is 18.0 Å². The van der Waals surface area contributed by atoms with Crippen molar-refractivity contribution in [2.45, 2.75) is 13.0 Å². The van der Waals surface area contributed by atoms with E-state index >= 15 is 0 Å². The number of hydrogen-bond donors (Lipinski definition) is 1. The molecular weight excluding hydrogens is 240 g/mol. The molecule has 18 heavy (non-hydrogen) atoms. The molecule has 2 rings (SSSR count). The molecule has 0 saturated carbocycles. The largest absolute Gasteiger partial charge is 0.453 e. The maximum Gasteiger partial charge on any atom is 0.201 e. The highest BCUT2D eigenvalue weighted by molar-refractivity contribution is 5.31. The maximum atomic E-state index is 13.3. The Kier molecular flexibility index (Phi) is 3.53. The van der Waals surface area contributed by atoms with Gasteiger partial charge in [-0.2, -0.15) is 4.39 Å². The molecule has 1 heterocycles. The second kappa shape index (κ2) is 5.10. The smallest absolute Gasteiger partial charge is 0.201 e. The van der Waals surface area contributed by atoms with Gasteiger partial charge in [-0.15, -0.1) is 0 Å². The summed E-state index contributed by atoms with van der Waals surface area (Å²) in [4.78, 5) is 3.94. The standard InChI is InChI=1S/C13H11F2NO2/c1-8(17)11-6-5-9(7-16-11)18-12-4-2-3-10(14)13(12)15/h2-8,17H,1H3/t8-/m1/s1. The Hall–Kier alpha value is -2.01. The first-order valence-electron chi connectivity index (χ1n) is 5.34. The molecular formula is C13H11F2NO2. The molecule has 0 bridgehead atoms. The van der Waals surface area contributed by atoms with Gasteiger partial charge in [0.25, 0.3) is 0 Å². The highest BCUT2D eigenvalue weighted by atomic mass is 19.2. The molecule has 0 unspecified atom stereocenters. The Morgan fingerprint density at radius 1 is 1.22 bits per heavy atom. The highest BCUT2D eigenvalue weighted by Crippen LogP contribution is 2.25. The molecule has 1 aromatic heterocycles. The van der Waals surface area contributed by atoms with Crippen LogP contribution in [-0.4, -0.2) is 10.1 Å². The summed E-state index contributed by atoms with van der Waals surface area (Å²) in [5.41, 5.74) is 0.474. The van der Waals surface area contributed by atoms with Crippen LogP contribution in [0.1, 0.15) is 18.7 Å². The van der Waals surface area contributed by atoms with E-state index in [9.17, 15) is 13.9 Å². The van der Waals surface area contributed by atoms with Gasteiger partial charge in [0.2, 0.25) is 5.82 Å². The molecule has 3 nitrogen and oxygen atoms in total. The Bertz CT molecular complexity index is 541. The van der Waals surface area contributed by atoms with E-state index in [1.54, 1.807) is 13.0 Å². The third kappa shape index (κ3) is 2.62. The van der Waals surface area contributed by atoms with Crippen molar-refractivity contribution in [2.75, 3.05) is 0 Å². The molecule has 0 saturated heterocycles. The monoisotopic (exact) mass is 251 g/mol. The second-order valence-electron chi connectivity index (χ2n) is 3.75. The highest BCUT2D eigenvalue weighted by Gasteiger charge is 2.10. The first-order chi connectivity index (χ1) is 8.58. The molecule has 1 aromatic carbocycles. The number of aliphatic hydroxyl groups is 1. The van der Waals surface area contributed by atoms with Crippen molar-refractivity contribution < 1.29 is 18.6 Å². The van der Waals surface area contributed by atoms with E-state index in [0.717, 1.165) is 6.07 Å². The minimum absolute atomic E-state index is 0.207. The number of aromatic nitrogens is 1. The van der Waals surface area contributed by atoms with Crippen LogP contribution in [0.3, 0.4) is 0 Å². The Morgan fingerprint density at radius 2 is 2.00 bits per heavy atom. The van der Waals surface area contributed by atoms with Crippen LogP contribution in [0.2, 0.25) is 0 Å². The summed E-state index contributed by atoms with van der Waals surface area (Å²) in [5.74, 6) is -1.95. The zero-order chi connectivity index (χ0) is 13.1. The zero-order valence-electron chi connectivity index (χ0n) is 9.60. The van der Waals surface area contributed by atoms with Crippen molar-refractivity contribution in [3.05, 3.63) is 53.9 Å². The van der Waals surface area contributed by atoms with Crippen LogP contribution in [-0.2, 0) is 0 Å². The lowest BCUT2D eigenvalue weighted by Crippen LogP contribution is -1.96. The topological polar surface area (TPSA) is 42.4 Å². The Balaban J connectivity index is 2.21. The van der Waals surface area contributed by atoms with E-state index in [0.29, 0.717) is 5.69 Å². The van der Waals surface area contributed by atoms with E-state index in [1.807, 2.05) is 0 Å². The lowest BCUT2D eigenvalue weighted by molar-refractivity contribution is 0.194. The summed E-state index contributed by atoms with van der Waals surface area (Å²) in [5, 5.41) is 9.27. The fraction of sp³-hybridized carbons (Fsp3) is 0.154. The molecule has 2 aromatic rings. The van der Waals surface area contributed by atoms with Gasteiger partial charge in [-0.05, 0) is 31.2 Å². The van der Waals surface area contributed by atoms with Gasteiger partial charge < -0.3 is 9.84 Å². The summed E-state index contributed by atoms with van der Waals surface area (Å²) in [6.07, 6.45) is 0.650. The van der Waals surface area contributed by atoms with Crippen LogP contribution in [0.4, 0.5) is 8.78 Å². The third-order valence-corrected chi connectivity index (χ3v) is 2.33. The molecule has 0 amide bonds. The van der Waals surface area contributed by atoms with E-state index < -0.39 is 17.7 Å². The summed E-state index contributed by atoms with van der Waals surface area (Å²) >= 11 is 0. The number of nitrogens with zero attached hydrogens (tertiary/aromatic N) is 1. The van der Waals surface area contributed by atoms with E-state index in [-0.39, 0.29) is 11.5 Å². The van der Waals surface area contributed by atoms with Gasteiger partial charge in [-0.1, -0.05) is 6.07 Å². The van der Waals surface area contributed by atoms with Crippen molar-refractivity contribution in [1.82, 2.24) is 4.98 Å². The predicted octanol–water partition coefficient (Wildman–Crippen LogP) is 3.21. The predicted molar refractivity (Wildman–Crippen MR) is 61.3 cm³/mol. The first kappa shape index (κ1) is 12.4. The fourth-order valence-electron chi connectivity index (χ4n) is 1.39. The van der Waals surface area contributed by atoms with Crippen LogP contribution in [0.5, 0.6) is 11.5 Å². The zero-order valence-corrected chi connectivity index (χ0v) is 9.60. The average Bonchev–Trinajstić information content (AvgIpc) is 2.36. The van der Waals surface area contributed by atoms with Crippen LogP contribution in [0.15, 0.2) is 36.5 Å². The summed E-state index contributed by atoms with van der Waals surface area (Å²) in [7, 11) is 0. The quantitative estimate of drug-likeness (QED) is 0.910.